The van der Waals surface area contributed by atoms with E-state index < -0.39 is 0 Å². The van der Waals surface area contributed by atoms with Crippen LogP contribution in [0.4, 0.5) is 0 Å². The Kier molecular flexibility index (Phi) is 6.28. The first-order chi connectivity index (χ1) is 8.75. The molecular weight excluding hydrogens is 236 g/mol. The molecule has 1 heterocycles. The van der Waals surface area contributed by atoms with Crippen molar-refractivity contribution in [1.82, 2.24) is 10.2 Å². The normalized spacial score (nSPS) is 27.8. The Morgan fingerprint density at radius 2 is 1.89 bits per heavy atom. The number of hydrogen-bond donors (Lipinski definition) is 1. The fraction of sp³-hybridized carbons (Fsp3) is 1.00. The van der Waals surface area contributed by atoms with Gasteiger partial charge in [0.1, 0.15) is 0 Å². The number of nitrogens with zero attached hydrogens (tertiary/aromatic N) is 1. The Bertz CT molecular complexity index is 260. The van der Waals surface area contributed by atoms with Crippen LogP contribution in [-0.4, -0.2) is 49.3 Å². The molecule has 0 aromatic carbocycles. The number of nitrogens with one attached hydrogen (secondary N) is 1. The summed E-state index contributed by atoms with van der Waals surface area (Å²) in [5.41, 5.74) is 0.315. The highest BCUT2D eigenvalue weighted by molar-refractivity contribution is 4.93. The molecule has 1 fully saturated rings. The molecule has 3 heteroatoms. The van der Waals surface area contributed by atoms with Gasteiger partial charge in [-0.2, -0.15) is 0 Å². The summed E-state index contributed by atoms with van der Waals surface area (Å²) in [6, 6.07) is 1.19. The number of ether oxygens (including phenoxy) is 1. The van der Waals surface area contributed by atoms with E-state index in [1.165, 1.54) is 0 Å². The lowest BCUT2D eigenvalue weighted by Gasteiger charge is -2.47. The van der Waals surface area contributed by atoms with Crippen molar-refractivity contribution in [2.75, 3.05) is 26.2 Å². The predicted molar refractivity (Wildman–Crippen MR) is 82.5 cm³/mol. The van der Waals surface area contributed by atoms with E-state index in [-0.39, 0.29) is 0 Å². The van der Waals surface area contributed by atoms with Gasteiger partial charge < -0.3 is 10.1 Å². The summed E-state index contributed by atoms with van der Waals surface area (Å²) in [7, 11) is 0. The van der Waals surface area contributed by atoms with Crippen molar-refractivity contribution in [3.63, 3.8) is 0 Å². The molecule has 3 nitrogen and oxygen atoms in total. The highest BCUT2D eigenvalue weighted by Gasteiger charge is 2.35. The second-order valence-electron chi connectivity index (χ2n) is 7.36. The van der Waals surface area contributed by atoms with E-state index in [0.717, 1.165) is 26.2 Å². The van der Waals surface area contributed by atoms with Crippen molar-refractivity contribution < 1.29 is 4.74 Å². The minimum Gasteiger partial charge on any atom is -0.377 e. The average molecular weight is 270 g/mol. The summed E-state index contributed by atoms with van der Waals surface area (Å²) in [6.07, 6.45) is 0.324. The molecular formula is C16H34N2O. The van der Waals surface area contributed by atoms with Crippen LogP contribution in [-0.2, 0) is 4.74 Å². The summed E-state index contributed by atoms with van der Waals surface area (Å²) >= 11 is 0. The summed E-state index contributed by atoms with van der Waals surface area (Å²) in [5, 5.41) is 3.74. The zero-order chi connectivity index (χ0) is 14.6. The van der Waals surface area contributed by atoms with Crippen LogP contribution in [0.25, 0.3) is 0 Å². The highest BCUT2D eigenvalue weighted by Crippen LogP contribution is 2.25. The molecule has 0 bridgehead atoms. The zero-order valence-electron chi connectivity index (χ0n) is 14.0. The molecule has 0 saturated carbocycles. The molecule has 0 spiro atoms. The lowest BCUT2D eigenvalue weighted by molar-refractivity contribution is -0.000610. The molecule has 1 saturated heterocycles. The van der Waals surface area contributed by atoms with Crippen LogP contribution >= 0.6 is 0 Å². The van der Waals surface area contributed by atoms with Gasteiger partial charge in [-0.15, -0.1) is 0 Å². The van der Waals surface area contributed by atoms with Gasteiger partial charge >= 0.3 is 0 Å². The quantitative estimate of drug-likeness (QED) is 0.831. The Labute approximate surface area is 120 Å². The fourth-order valence-electron chi connectivity index (χ4n) is 2.94. The Morgan fingerprint density at radius 3 is 2.37 bits per heavy atom. The van der Waals surface area contributed by atoms with Gasteiger partial charge in [0.25, 0.3) is 0 Å². The third-order valence-electron chi connectivity index (χ3n) is 4.22. The molecule has 114 valence electrons. The van der Waals surface area contributed by atoms with Crippen LogP contribution in [0.5, 0.6) is 0 Å². The summed E-state index contributed by atoms with van der Waals surface area (Å²) in [6.45, 7) is 20.0. The maximum Gasteiger partial charge on any atom is 0.0673 e. The van der Waals surface area contributed by atoms with E-state index in [1.54, 1.807) is 0 Å². The number of piperazine rings is 1. The molecule has 1 N–H and O–H groups in total. The van der Waals surface area contributed by atoms with Gasteiger partial charge in [-0.1, -0.05) is 34.6 Å². The smallest absolute Gasteiger partial charge is 0.0673 e. The molecule has 0 aliphatic carbocycles. The molecule has 19 heavy (non-hydrogen) atoms. The first-order valence-electron chi connectivity index (χ1n) is 7.84. The van der Waals surface area contributed by atoms with Crippen LogP contribution < -0.4 is 5.32 Å². The van der Waals surface area contributed by atoms with Crippen molar-refractivity contribution in [3.8, 4) is 0 Å². The Hall–Kier alpha value is -0.120. The van der Waals surface area contributed by atoms with E-state index in [9.17, 15) is 0 Å². The lowest BCUT2D eigenvalue weighted by Crippen LogP contribution is -2.62. The average Bonchev–Trinajstić information content (AvgIpc) is 2.27. The molecule has 0 radical (unpaired) electrons. The van der Waals surface area contributed by atoms with Gasteiger partial charge in [-0.05, 0) is 25.2 Å². The van der Waals surface area contributed by atoms with Crippen molar-refractivity contribution in [3.05, 3.63) is 0 Å². The van der Waals surface area contributed by atoms with E-state index in [4.69, 9.17) is 4.74 Å². The second kappa shape index (κ2) is 7.05. The van der Waals surface area contributed by atoms with Crippen LogP contribution in [0, 0.1) is 11.3 Å². The van der Waals surface area contributed by atoms with Gasteiger partial charge in [0.15, 0.2) is 0 Å². The summed E-state index contributed by atoms with van der Waals surface area (Å²) < 4.78 is 5.73. The minimum absolute atomic E-state index is 0.315. The first kappa shape index (κ1) is 16.9. The van der Waals surface area contributed by atoms with Crippen molar-refractivity contribution >= 4 is 0 Å². The van der Waals surface area contributed by atoms with Gasteiger partial charge in [-0.3, -0.25) is 4.90 Å². The molecule has 3 atom stereocenters. The van der Waals surface area contributed by atoms with Gasteiger partial charge in [-0.25, -0.2) is 0 Å². The van der Waals surface area contributed by atoms with E-state index in [1.807, 2.05) is 0 Å². The van der Waals surface area contributed by atoms with Crippen LogP contribution in [0.3, 0.4) is 0 Å². The molecule has 0 aromatic heterocycles. The van der Waals surface area contributed by atoms with Crippen molar-refractivity contribution in [1.29, 1.82) is 0 Å². The highest BCUT2D eigenvalue weighted by atomic mass is 16.5. The second-order valence-corrected chi connectivity index (χ2v) is 7.36. The minimum atomic E-state index is 0.315. The maximum absolute atomic E-state index is 5.73. The van der Waals surface area contributed by atoms with Crippen LogP contribution in [0.2, 0.25) is 0 Å². The Balaban J connectivity index is 2.68. The largest absolute Gasteiger partial charge is 0.377 e. The van der Waals surface area contributed by atoms with E-state index in [2.05, 4.69) is 58.7 Å². The molecule has 3 unspecified atom stereocenters. The topological polar surface area (TPSA) is 24.5 Å². The molecule has 1 rings (SSSR count). The van der Waals surface area contributed by atoms with Crippen molar-refractivity contribution in [2.45, 2.75) is 66.7 Å². The summed E-state index contributed by atoms with van der Waals surface area (Å²) in [5.74, 6) is 0.683. The van der Waals surface area contributed by atoms with Gasteiger partial charge in [0.05, 0.1) is 6.10 Å². The van der Waals surface area contributed by atoms with E-state index in [0.29, 0.717) is 29.5 Å². The third-order valence-corrected chi connectivity index (χ3v) is 4.22. The molecule has 1 aliphatic heterocycles. The standard InChI is InChI=1S/C16H34N2O/c1-8-19-13(4)10-18-11-15(16(5,6)7)17-9-14(18)12(2)3/h12-15,17H,8-11H2,1-7H3. The monoisotopic (exact) mass is 270 g/mol. The predicted octanol–water partition coefficient (Wildman–Crippen LogP) is 2.76. The summed E-state index contributed by atoms with van der Waals surface area (Å²) in [4.78, 5) is 2.64. The molecule has 0 amide bonds. The van der Waals surface area contributed by atoms with E-state index >= 15 is 0 Å². The van der Waals surface area contributed by atoms with Crippen molar-refractivity contribution in [2.24, 2.45) is 11.3 Å². The Morgan fingerprint density at radius 1 is 1.26 bits per heavy atom. The molecule has 0 aromatic rings. The van der Waals surface area contributed by atoms with Gasteiger partial charge in [0, 0.05) is 38.3 Å². The third kappa shape index (κ3) is 5.05. The first-order valence-corrected chi connectivity index (χ1v) is 7.84. The lowest BCUT2D eigenvalue weighted by atomic mass is 9.83. The van der Waals surface area contributed by atoms with Gasteiger partial charge in [0.2, 0.25) is 0 Å². The number of hydrogen-bond acceptors (Lipinski definition) is 3. The van der Waals surface area contributed by atoms with Crippen LogP contribution in [0.1, 0.15) is 48.5 Å². The molecule has 1 aliphatic rings. The fourth-order valence-corrected chi connectivity index (χ4v) is 2.94. The number of rotatable bonds is 5. The maximum atomic E-state index is 5.73. The zero-order valence-corrected chi connectivity index (χ0v) is 14.0. The van der Waals surface area contributed by atoms with Crippen LogP contribution in [0.15, 0.2) is 0 Å². The SMILES string of the molecule is CCOC(C)CN1CC(C(C)(C)C)NCC1C(C)C.